The van der Waals surface area contributed by atoms with Gasteiger partial charge in [0.05, 0.1) is 12.1 Å². The van der Waals surface area contributed by atoms with Crippen LogP contribution >= 0.6 is 11.6 Å². The average Bonchev–Trinajstić information content (AvgIpc) is 2.46. The summed E-state index contributed by atoms with van der Waals surface area (Å²) in [6, 6.07) is 8.93. The number of methoxy groups -OCH3 is 1. The molecule has 0 heterocycles. The molecule has 0 unspecified atom stereocenters. The minimum Gasteiger partial charge on any atom is -0.493 e. The summed E-state index contributed by atoms with van der Waals surface area (Å²) in [5.74, 6) is 0.533. The van der Waals surface area contributed by atoms with Crippen LogP contribution in [0.3, 0.4) is 0 Å². The molecule has 0 bridgehead atoms. The maximum absolute atomic E-state index is 12.9. The zero-order chi connectivity index (χ0) is 14.5. The fraction of sp³-hybridized carbons (Fsp3) is 0.133. The number of carbonyl (C=O) groups is 1. The summed E-state index contributed by atoms with van der Waals surface area (Å²) in [5, 5.41) is 0.288. The molecule has 3 nitrogen and oxygen atoms in total. The molecule has 2 aromatic carbocycles. The van der Waals surface area contributed by atoms with Crippen molar-refractivity contribution in [2.45, 2.75) is 6.61 Å². The van der Waals surface area contributed by atoms with Crippen LogP contribution < -0.4 is 9.47 Å². The Labute approximate surface area is 120 Å². The van der Waals surface area contributed by atoms with E-state index in [0.717, 1.165) is 6.29 Å². The van der Waals surface area contributed by atoms with Gasteiger partial charge in [0.2, 0.25) is 0 Å². The minimum atomic E-state index is -0.403. The third-order valence-electron chi connectivity index (χ3n) is 2.72. The van der Waals surface area contributed by atoms with Crippen molar-refractivity contribution in [2.24, 2.45) is 0 Å². The molecule has 0 atom stereocenters. The number of hydrogen-bond donors (Lipinski definition) is 0. The third-order valence-corrected chi connectivity index (χ3v) is 3.07. The lowest BCUT2D eigenvalue weighted by atomic mass is 10.2. The van der Waals surface area contributed by atoms with Crippen molar-refractivity contribution >= 4 is 17.9 Å². The van der Waals surface area contributed by atoms with Gasteiger partial charge in [-0.05, 0) is 30.3 Å². The summed E-state index contributed by atoms with van der Waals surface area (Å²) in [7, 11) is 1.51. The van der Waals surface area contributed by atoms with Crippen LogP contribution in [0.5, 0.6) is 11.5 Å². The highest BCUT2D eigenvalue weighted by molar-refractivity contribution is 6.31. The van der Waals surface area contributed by atoms with E-state index in [0.29, 0.717) is 22.6 Å². The number of benzene rings is 2. The molecule has 0 spiro atoms. The summed E-state index contributed by atoms with van der Waals surface area (Å²) in [5.41, 5.74) is 1.12. The van der Waals surface area contributed by atoms with Crippen molar-refractivity contribution in [1.82, 2.24) is 0 Å². The third kappa shape index (κ3) is 3.27. The van der Waals surface area contributed by atoms with Crippen LogP contribution in [0, 0.1) is 5.82 Å². The van der Waals surface area contributed by atoms with E-state index in [4.69, 9.17) is 21.1 Å². The normalized spacial score (nSPS) is 10.2. The second-order valence-electron chi connectivity index (χ2n) is 4.05. The molecule has 20 heavy (non-hydrogen) atoms. The predicted octanol–water partition coefficient (Wildman–Crippen LogP) is 3.88. The molecule has 2 rings (SSSR count). The summed E-state index contributed by atoms with van der Waals surface area (Å²) in [4.78, 5) is 10.8. The molecule has 2 aromatic rings. The molecular formula is C15H12ClFO3. The molecule has 0 saturated heterocycles. The molecule has 0 saturated carbocycles. The van der Waals surface area contributed by atoms with Crippen molar-refractivity contribution in [3.63, 3.8) is 0 Å². The molecule has 104 valence electrons. The molecule has 0 fully saturated rings. The van der Waals surface area contributed by atoms with Crippen LogP contribution in [-0.2, 0) is 6.61 Å². The van der Waals surface area contributed by atoms with Crippen LogP contribution in [0.2, 0.25) is 5.02 Å². The highest BCUT2D eigenvalue weighted by Crippen LogP contribution is 2.29. The number of hydrogen-bond acceptors (Lipinski definition) is 3. The van der Waals surface area contributed by atoms with Crippen LogP contribution in [0.15, 0.2) is 36.4 Å². The van der Waals surface area contributed by atoms with E-state index in [1.54, 1.807) is 24.3 Å². The number of halogens is 2. The zero-order valence-electron chi connectivity index (χ0n) is 10.7. The Morgan fingerprint density at radius 1 is 1.20 bits per heavy atom. The second-order valence-corrected chi connectivity index (χ2v) is 4.46. The van der Waals surface area contributed by atoms with Crippen LogP contribution in [-0.4, -0.2) is 13.4 Å². The molecule has 0 aliphatic rings. The Kier molecular flexibility index (Phi) is 4.58. The topological polar surface area (TPSA) is 35.5 Å². The highest BCUT2D eigenvalue weighted by atomic mass is 35.5. The van der Waals surface area contributed by atoms with E-state index < -0.39 is 5.82 Å². The van der Waals surface area contributed by atoms with E-state index >= 15 is 0 Å². The summed E-state index contributed by atoms with van der Waals surface area (Å²) < 4.78 is 23.7. The van der Waals surface area contributed by atoms with Crippen molar-refractivity contribution in [1.29, 1.82) is 0 Å². The van der Waals surface area contributed by atoms with Gasteiger partial charge < -0.3 is 9.47 Å². The van der Waals surface area contributed by atoms with E-state index in [-0.39, 0.29) is 11.6 Å². The van der Waals surface area contributed by atoms with E-state index in [9.17, 15) is 9.18 Å². The van der Waals surface area contributed by atoms with Gasteiger partial charge >= 0.3 is 0 Å². The number of aldehydes is 1. The van der Waals surface area contributed by atoms with Gasteiger partial charge in [-0.2, -0.15) is 0 Å². The first-order valence-corrected chi connectivity index (χ1v) is 6.22. The molecule has 5 heteroatoms. The lowest BCUT2D eigenvalue weighted by molar-refractivity contribution is 0.112. The van der Waals surface area contributed by atoms with Gasteiger partial charge in [0.25, 0.3) is 0 Å². The van der Waals surface area contributed by atoms with Gasteiger partial charge in [-0.3, -0.25) is 4.79 Å². The highest BCUT2D eigenvalue weighted by Gasteiger charge is 2.08. The first-order chi connectivity index (χ1) is 9.63. The molecule has 0 N–H and O–H groups in total. The standard InChI is InChI=1S/C15H12ClFO3/c1-19-14-5-2-10(8-18)6-15(14)20-9-11-3-4-12(17)7-13(11)16/h2-8H,9H2,1H3. The number of ether oxygens (including phenoxy) is 2. The SMILES string of the molecule is COc1ccc(C=O)cc1OCc1ccc(F)cc1Cl. The maximum atomic E-state index is 12.9. The van der Waals surface area contributed by atoms with Gasteiger partial charge in [-0.15, -0.1) is 0 Å². The number of carbonyl (C=O) groups excluding carboxylic acids is 1. The molecule has 0 aliphatic heterocycles. The number of rotatable bonds is 5. The molecule has 0 amide bonds. The molecule has 0 aliphatic carbocycles. The van der Waals surface area contributed by atoms with Gasteiger partial charge in [0, 0.05) is 11.1 Å². The molecule has 0 radical (unpaired) electrons. The maximum Gasteiger partial charge on any atom is 0.162 e. The summed E-state index contributed by atoms with van der Waals surface area (Å²) >= 11 is 5.92. The minimum absolute atomic E-state index is 0.151. The quantitative estimate of drug-likeness (QED) is 0.785. The van der Waals surface area contributed by atoms with Crippen molar-refractivity contribution < 1.29 is 18.7 Å². The van der Waals surface area contributed by atoms with Gasteiger partial charge in [-0.1, -0.05) is 17.7 Å². The summed E-state index contributed by atoms with van der Waals surface area (Å²) in [6.45, 7) is 0.151. The van der Waals surface area contributed by atoms with Crippen molar-refractivity contribution in [3.8, 4) is 11.5 Å². The lowest BCUT2D eigenvalue weighted by Gasteiger charge is -2.12. The van der Waals surface area contributed by atoms with Crippen LogP contribution in [0.25, 0.3) is 0 Å². The Bertz CT molecular complexity index is 629. The zero-order valence-corrected chi connectivity index (χ0v) is 11.5. The first kappa shape index (κ1) is 14.3. The fourth-order valence-electron chi connectivity index (χ4n) is 1.67. The van der Waals surface area contributed by atoms with Crippen molar-refractivity contribution in [2.75, 3.05) is 7.11 Å². The van der Waals surface area contributed by atoms with Crippen LogP contribution in [0.1, 0.15) is 15.9 Å². The smallest absolute Gasteiger partial charge is 0.162 e. The Balaban J connectivity index is 2.19. The lowest BCUT2D eigenvalue weighted by Crippen LogP contribution is -1.99. The van der Waals surface area contributed by atoms with E-state index in [1.807, 2.05) is 0 Å². The fourth-order valence-corrected chi connectivity index (χ4v) is 1.90. The van der Waals surface area contributed by atoms with Crippen LogP contribution in [0.4, 0.5) is 4.39 Å². The molecule has 0 aromatic heterocycles. The average molecular weight is 295 g/mol. The summed E-state index contributed by atoms with van der Waals surface area (Å²) in [6.07, 6.45) is 0.719. The van der Waals surface area contributed by atoms with Gasteiger partial charge in [-0.25, -0.2) is 4.39 Å². The van der Waals surface area contributed by atoms with Crippen molar-refractivity contribution in [3.05, 3.63) is 58.4 Å². The van der Waals surface area contributed by atoms with Gasteiger partial charge in [0.15, 0.2) is 11.5 Å². The Hall–Kier alpha value is -2.07. The Morgan fingerprint density at radius 3 is 2.65 bits per heavy atom. The van der Waals surface area contributed by atoms with Gasteiger partial charge in [0.1, 0.15) is 18.7 Å². The predicted molar refractivity (Wildman–Crippen MR) is 74.1 cm³/mol. The Morgan fingerprint density at radius 2 is 2.00 bits per heavy atom. The monoisotopic (exact) mass is 294 g/mol. The van der Waals surface area contributed by atoms with E-state index in [2.05, 4.69) is 0 Å². The molecular weight excluding hydrogens is 283 g/mol. The second kappa shape index (κ2) is 6.39. The first-order valence-electron chi connectivity index (χ1n) is 5.84. The largest absolute Gasteiger partial charge is 0.493 e. The van der Waals surface area contributed by atoms with E-state index in [1.165, 1.54) is 19.2 Å².